The van der Waals surface area contributed by atoms with Crippen LogP contribution in [0.1, 0.15) is 11.1 Å². The lowest BCUT2D eigenvalue weighted by molar-refractivity contribution is -0.119. The number of carbonyl (C=O) groups is 1. The van der Waals surface area contributed by atoms with Gasteiger partial charge in [-0.05, 0) is 60.9 Å². The van der Waals surface area contributed by atoms with Gasteiger partial charge in [0, 0.05) is 6.54 Å². The molecule has 186 valence electrons. The number of sulfonamides is 1. The van der Waals surface area contributed by atoms with Crippen LogP contribution in [0.5, 0.6) is 17.2 Å². The molecule has 0 heterocycles. The van der Waals surface area contributed by atoms with Crippen molar-refractivity contribution in [2.24, 2.45) is 0 Å². The lowest BCUT2D eigenvalue weighted by Gasteiger charge is -2.25. The van der Waals surface area contributed by atoms with Crippen molar-refractivity contribution in [2.75, 3.05) is 38.7 Å². The number of benzene rings is 3. The van der Waals surface area contributed by atoms with Crippen LogP contribution in [0.2, 0.25) is 0 Å². The predicted octanol–water partition coefficient (Wildman–Crippen LogP) is 3.58. The first-order chi connectivity index (χ1) is 16.8. The number of carbonyl (C=O) groups excluding carboxylic acids is 1. The van der Waals surface area contributed by atoms with E-state index in [1.54, 1.807) is 75.7 Å². The second kappa shape index (κ2) is 11.6. The van der Waals surface area contributed by atoms with Crippen molar-refractivity contribution in [1.82, 2.24) is 5.32 Å². The van der Waals surface area contributed by atoms with Gasteiger partial charge < -0.3 is 19.5 Å². The van der Waals surface area contributed by atoms with Gasteiger partial charge in [0.25, 0.3) is 10.0 Å². The zero-order valence-corrected chi connectivity index (χ0v) is 21.1. The molecule has 0 radical (unpaired) electrons. The monoisotopic (exact) mass is 498 g/mol. The number of aryl methyl sites for hydroxylation is 1. The first-order valence-corrected chi connectivity index (χ1v) is 12.4. The number of methoxy groups -OCH3 is 3. The maximum absolute atomic E-state index is 13.7. The first-order valence-electron chi connectivity index (χ1n) is 11.0. The molecule has 0 unspecified atom stereocenters. The molecule has 8 nitrogen and oxygen atoms in total. The number of hydrogen-bond donors (Lipinski definition) is 1. The molecule has 0 atom stereocenters. The molecule has 0 aromatic heterocycles. The van der Waals surface area contributed by atoms with Crippen LogP contribution < -0.4 is 23.8 Å². The first kappa shape index (κ1) is 25.9. The Bertz CT molecular complexity index is 1260. The summed E-state index contributed by atoms with van der Waals surface area (Å²) in [5.41, 5.74) is 2.09. The summed E-state index contributed by atoms with van der Waals surface area (Å²) in [5.74, 6) is 1.01. The van der Waals surface area contributed by atoms with Crippen LogP contribution in [-0.2, 0) is 21.2 Å². The number of anilines is 1. The molecule has 3 rings (SSSR count). The fraction of sp³-hybridized carbons (Fsp3) is 0.269. The standard InChI is InChI=1S/C26H30N2O6S/c1-19-10-12-23(33-3)25(16-19)35(30,31)28(21-8-6-5-7-9-21)18-26(29)27-15-14-20-11-13-22(32-2)24(17-20)34-4/h5-13,16-17H,14-15,18H2,1-4H3,(H,27,29). The number of rotatable bonds is 11. The molecule has 0 saturated heterocycles. The second-order valence-corrected chi connectivity index (χ2v) is 9.62. The highest BCUT2D eigenvalue weighted by Gasteiger charge is 2.30. The van der Waals surface area contributed by atoms with Crippen molar-refractivity contribution >= 4 is 21.6 Å². The molecule has 1 amide bonds. The molecular formula is C26H30N2O6S. The normalized spacial score (nSPS) is 11.0. The number of hydrogen-bond acceptors (Lipinski definition) is 6. The third-order valence-electron chi connectivity index (χ3n) is 5.40. The van der Waals surface area contributed by atoms with E-state index in [9.17, 15) is 13.2 Å². The molecule has 3 aromatic rings. The Morgan fingerprint density at radius 1 is 0.857 bits per heavy atom. The topological polar surface area (TPSA) is 94.2 Å². The quantitative estimate of drug-likeness (QED) is 0.434. The van der Waals surface area contributed by atoms with E-state index in [4.69, 9.17) is 14.2 Å². The minimum Gasteiger partial charge on any atom is -0.495 e. The van der Waals surface area contributed by atoms with Gasteiger partial charge in [0.05, 0.1) is 27.0 Å². The average Bonchev–Trinajstić information content (AvgIpc) is 2.87. The SMILES string of the molecule is COc1ccc(CCNC(=O)CN(c2ccccc2)S(=O)(=O)c2cc(C)ccc2OC)cc1OC. The zero-order chi connectivity index (χ0) is 25.4. The summed E-state index contributed by atoms with van der Waals surface area (Å²) in [5, 5.41) is 2.81. The molecular weight excluding hydrogens is 468 g/mol. The van der Waals surface area contributed by atoms with Crippen molar-refractivity contribution in [3.05, 3.63) is 77.9 Å². The van der Waals surface area contributed by atoms with Crippen LogP contribution in [0.3, 0.4) is 0 Å². The van der Waals surface area contributed by atoms with Gasteiger partial charge >= 0.3 is 0 Å². The van der Waals surface area contributed by atoms with Crippen LogP contribution >= 0.6 is 0 Å². The Hall–Kier alpha value is -3.72. The Morgan fingerprint density at radius 3 is 2.17 bits per heavy atom. The maximum Gasteiger partial charge on any atom is 0.268 e. The summed E-state index contributed by atoms with van der Waals surface area (Å²) in [6.45, 7) is 1.74. The molecule has 1 N–H and O–H groups in total. The summed E-state index contributed by atoms with van der Waals surface area (Å²) in [7, 11) is 0.450. The van der Waals surface area contributed by atoms with Gasteiger partial charge in [-0.15, -0.1) is 0 Å². The summed E-state index contributed by atoms with van der Waals surface area (Å²) in [4.78, 5) is 12.8. The Kier molecular flexibility index (Phi) is 8.59. The van der Waals surface area contributed by atoms with E-state index in [2.05, 4.69) is 5.32 Å². The van der Waals surface area contributed by atoms with Gasteiger partial charge in [0.2, 0.25) is 5.91 Å². The summed E-state index contributed by atoms with van der Waals surface area (Å²) in [6.07, 6.45) is 0.538. The average molecular weight is 499 g/mol. The van der Waals surface area contributed by atoms with Gasteiger partial charge in [-0.1, -0.05) is 30.3 Å². The van der Waals surface area contributed by atoms with Gasteiger partial charge in [-0.2, -0.15) is 0 Å². The molecule has 35 heavy (non-hydrogen) atoms. The van der Waals surface area contributed by atoms with E-state index in [1.807, 2.05) is 12.1 Å². The van der Waals surface area contributed by atoms with Gasteiger partial charge in [0.15, 0.2) is 11.5 Å². The largest absolute Gasteiger partial charge is 0.495 e. The van der Waals surface area contributed by atoms with Crippen molar-refractivity contribution in [1.29, 1.82) is 0 Å². The summed E-state index contributed by atoms with van der Waals surface area (Å²) < 4.78 is 44.3. The predicted molar refractivity (Wildman–Crippen MR) is 135 cm³/mol. The highest BCUT2D eigenvalue weighted by atomic mass is 32.2. The molecule has 0 fully saturated rings. The van der Waals surface area contributed by atoms with Crippen molar-refractivity contribution < 1.29 is 27.4 Å². The number of nitrogens with one attached hydrogen (secondary N) is 1. The lowest BCUT2D eigenvalue weighted by Crippen LogP contribution is -2.41. The molecule has 0 bridgehead atoms. The van der Waals surface area contributed by atoms with E-state index < -0.39 is 15.9 Å². The Balaban J connectivity index is 1.78. The summed E-state index contributed by atoms with van der Waals surface area (Å²) in [6, 6.07) is 19.0. The van der Waals surface area contributed by atoms with Crippen molar-refractivity contribution in [3.8, 4) is 17.2 Å². The van der Waals surface area contributed by atoms with Crippen molar-refractivity contribution in [3.63, 3.8) is 0 Å². The molecule has 0 aliphatic carbocycles. The number of ether oxygens (including phenoxy) is 3. The fourth-order valence-corrected chi connectivity index (χ4v) is 5.25. The number of para-hydroxylation sites is 1. The minimum absolute atomic E-state index is 0.00183. The molecule has 0 aliphatic rings. The maximum atomic E-state index is 13.7. The van der Waals surface area contributed by atoms with Gasteiger partial charge in [-0.3, -0.25) is 9.10 Å². The van der Waals surface area contributed by atoms with Crippen LogP contribution in [-0.4, -0.2) is 48.7 Å². The smallest absolute Gasteiger partial charge is 0.268 e. The highest BCUT2D eigenvalue weighted by Crippen LogP contribution is 2.31. The molecule has 0 saturated carbocycles. The van der Waals surface area contributed by atoms with E-state index in [1.165, 1.54) is 7.11 Å². The zero-order valence-electron chi connectivity index (χ0n) is 20.3. The van der Waals surface area contributed by atoms with Gasteiger partial charge in [0.1, 0.15) is 17.2 Å². The third kappa shape index (κ3) is 6.24. The van der Waals surface area contributed by atoms with Crippen molar-refractivity contribution in [2.45, 2.75) is 18.2 Å². The lowest BCUT2D eigenvalue weighted by atomic mass is 10.1. The van der Waals surface area contributed by atoms with E-state index in [0.29, 0.717) is 30.2 Å². The highest BCUT2D eigenvalue weighted by molar-refractivity contribution is 7.93. The third-order valence-corrected chi connectivity index (χ3v) is 7.20. The molecule has 9 heteroatoms. The van der Waals surface area contributed by atoms with Crippen LogP contribution in [0.4, 0.5) is 5.69 Å². The van der Waals surface area contributed by atoms with Crippen LogP contribution in [0.15, 0.2) is 71.6 Å². The number of amides is 1. The van der Waals surface area contributed by atoms with Gasteiger partial charge in [-0.25, -0.2) is 8.42 Å². The number of nitrogens with zero attached hydrogens (tertiary/aromatic N) is 1. The van der Waals surface area contributed by atoms with E-state index >= 15 is 0 Å². The van der Waals surface area contributed by atoms with E-state index in [-0.39, 0.29) is 17.2 Å². The summed E-state index contributed by atoms with van der Waals surface area (Å²) >= 11 is 0. The molecule has 3 aromatic carbocycles. The molecule has 0 spiro atoms. The fourth-order valence-electron chi connectivity index (χ4n) is 3.58. The Labute approximate surface area is 206 Å². The van der Waals surface area contributed by atoms with E-state index in [0.717, 1.165) is 15.4 Å². The Morgan fingerprint density at radius 2 is 1.51 bits per heavy atom. The molecule has 0 aliphatic heterocycles. The van der Waals surface area contributed by atoms with Crippen LogP contribution in [0.25, 0.3) is 0 Å². The van der Waals surface area contributed by atoms with Crippen LogP contribution in [0, 0.1) is 6.92 Å². The second-order valence-electron chi connectivity index (χ2n) is 7.79. The minimum atomic E-state index is -4.09.